The maximum Gasteiger partial charge on any atom is 0.420 e. The Kier molecular flexibility index (Phi) is 5.72. The third kappa shape index (κ3) is 4.01. The predicted molar refractivity (Wildman–Crippen MR) is 94.3 cm³/mol. The molecular formula is C19H22F5N3O2. The van der Waals surface area contributed by atoms with Crippen LogP contribution in [0.4, 0.5) is 22.0 Å². The van der Waals surface area contributed by atoms with E-state index in [4.69, 9.17) is 0 Å². The van der Waals surface area contributed by atoms with Gasteiger partial charge in [-0.15, -0.1) is 0 Å². The third-order valence-electron chi connectivity index (χ3n) is 5.55. The quantitative estimate of drug-likeness (QED) is 0.748. The Labute approximate surface area is 164 Å². The summed E-state index contributed by atoms with van der Waals surface area (Å²) in [5, 5.41) is 24.0. The molecule has 5 nitrogen and oxygen atoms in total. The van der Waals surface area contributed by atoms with Crippen molar-refractivity contribution in [1.29, 1.82) is 0 Å². The van der Waals surface area contributed by atoms with Gasteiger partial charge in [-0.25, -0.2) is 13.5 Å². The number of benzene rings is 1. The fourth-order valence-corrected chi connectivity index (χ4v) is 3.79. The molecule has 0 aliphatic carbocycles. The molecule has 1 aromatic heterocycles. The highest BCUT2D eigenvalue weighted by Crippen LogP contribution is 2.39. The number of halogens is 5. The third-order valence-corrected chi connectivity index (χ3v) is 5.55. The SMILES string of the molecule is C[C@@H]1CN(C(O)[C@@](C)(O)C(F)(F)F)CC[C@@H]1c1ccnn1-c1ccc(F)cc1F. The van der Waals surface area contributed by atoms with Gasteiger partial charge in [-0.1, -0.05) is 6.92 Å². The van der Waals surface area contributed by atoms with E-state index in [2.05, 4.69) is 5.10 Å². The zero-order chi connectivity index (χ0) is 21.6. The van der Waals surface area contributed by atoms with Gasteiger partial charge in [0.1, 0.15) is 17.7 Å². The number of piperidine rings is 1. The van der Waals surface area contributed by atoms with Crippen molar-refractivity contribution < 1.29 is 32.2 Å². The molecule has 3 rings (SSSR count). The Morgan fingerprint density at radius 1 is 1.21 bits per heavy atom. The lowest BCUT2D eigenvalue weighted by molar-refractivity contribution is -0.306. The lowest BCUT2D eigenvalue weighted by Gasteiger charge is -2.44. The van der Waals surface area contributed by atoms with Crippen LogP contribution >= 0.6 is 0 Å². The predicted octanol–water partition coefficient (Wildman–Crippen LogP) is 3.21. The Balaban J connectivity index is 1.81. The van der Waals surface area contributed by atoms with Crippen molar-refractivity contribution in [3.05, 3.63) is 47.8 Å². The van der Waals surface area contributed by atoms with Crippen LogP contribution in [0, 0.1) is 17.6 Å². The Morgan fingerprint density at radius 3 is 2.48 bits per heavy atom. The standard InChI is InChI=1S/C19H22F5N3O2/c1-11-10-26(17(28)18(2,29)19(22,23)24)8-6-13(11)15-5-7-25-27(15)16-4-3-12(20)9-14(16)21/h3-5,7,9,11,13,17,28-29H,6,8,10H2,1-2H3/t11-,13+,17?,18-/m1/s1. The van der Waals surface area contributed by atoms with E-state index in [0.29, 0.717) is 19.0 Å². The van der Waals surface area contributed by atoms with E-state index >= 15 is 0 Å². The van der Waals surface area contributed by atoms with Crippen LogP contribution in [0.5, 0.6) is 0 Å². The van der Waals surface area contributed by atoms with Gasteiger partial charge >= 0.3 is 6.18 Å². The van der Waals surface area contributed by atoms with Gasteiger partial charge < -0.3 is 10.2 Å². The van der Waals surface area contributed by atoms with Crippen LogP contribution in [0.25, 0.3) is 5.69 Å². The first-order chi connectivity index (χ1) is 13.4. The summed E-state index contributed by atoms with van der Waals surface area (Å²) < 4.78 is 67.9. The number of nitrogens with zero attached hydrogens (tertiary/aromatic N) is 3. The fraction of sp³-hybridized carbons (Fsp3) is 0.526. The molecule has 2 aromatic rings. The molecule has 1 unspecified atom stereocenters. The number of alkyl halides is 3. The van der Waals surface area contributed by atoms with Crippen molar-refractivity contribution in [2.45, 2.75) is 44.2 Å². The minimum atomic E-state index is -4.98. The molecule has 0 amide bonds. The molecule has 1 saturated heterocycles. The molecule has 10 heteroatoms. The number of hydrogen-bond donors (Lipinski definition) is 2. The van der Waals surface area contributed by atoms with E-state index < -0.39 is 29.6 Å². The van der Waals surface area contributed by atoms with Crippen molar-refractivity contribution in [3.63, 3.8) is 0 Å². The summed E-state index contributed by atoms with van der Waals surface area (Å²) in [6.07, 6.45) is -5.25. The maximum absolute atomic E-state index is 14.2. The highest BCUT2D eigenvalue weighted by atomic mass is 19.4. The highest BCUT2D eigenvalue weighted by molar-refractivity contribution is 5.35. The van der Waals surface area contributed by atoms with E-state index in [-0.39, 0.29) is 30.6 Å². The summed E-state index contributed by atoms with van der Waals surface area (Å²) in [4.78, 5) is 1.19. The lowest BCUT2D eigenvalue weighted by Crippen LogP contribution is -2.61. The molecular weight excluding hydrogens is 397 g/mol. The first-order valence-electron chi connectivity index (χ1n) is 9.14. The van der Waals surface area contributed by atoms with Gasteiger partial charge in [0.2, 0.25) is 0 Å². The van der Waals surface area contributed by atoms with Crippen LogP contribution < -0.4 is 0 Å². The van der Waals surface area contributed by atoms with Crippen molar-refractivity contribution in [3.8, 4) is 5.69 Å². The molecule has 1 aliphatic heterocycles. The van der Waals surface area contributed by atoms with Gasteiger partial charge in [0.25, 0.3) is 0 Å². The van der Waals surface area contributed by atoms with Crippen LogP contribution in [0.15, 0.2) is 30.5 Å². The van der Waals surface area contributed by atoms with Gasteiger partial charge in [-0.05, 0) is 37.5 Å². The number of aromatic nitrogens is 2. The van der Waals surface area contributed by atoms with Gasteiger partial charge in [0.05, 0.1) is 0 Å². The van der Waals surface area contributed by atoms with E-state index in [0.717, 1.165) is 12.1 Å². The fourth-order valence-electron chi connectivity index (χ4n) is 3.79. The summed E-state index contributed by atoms with van der Waals surface area (Å²) in [6.45, 7) is 2.53. The van der Waals surface area contributed by atoms with E-state index in [1.54, 1.807) is 13.0 Å². The second kappa shape index (κ2) is 7.66. The van der Waals surface area contributed by atoms with E-state index in [9.17, 15) is 32.2 Å². The first-order valence-corrected chi connectivity index (χ1v) is 9.14. The summed E-state index contributed by atoms with van der Waals surface area (Å²) in [5.74, 6) is -1.90. The second-order valence-electron chi connectivity index (χ2n) is 7.65. The Morgan fingerprint density at radius 2 is 1.90 bits per heavy atom. The normalized spacial score (nSPS) is 24.3. The molecule has 2 N–H and O–H groups in total. The van der Waals surface area contributed by atoms with Crippen molar-refractivity contribution in [2.75, 3.05) is 13.1 Å². The average Bonchev–Trinajstić information content (AvgIpc) is 3.09. The van der Waals surface area contributed by atoms with E-state index in [1.165, 1.54) is 21.8 Å². The Bertz CT molecular complexity index is 868. The number of aliphatic hydroxyl groups excluding tert-OH is 1. The molecule has 0 bridgehead atoms. The summed E-state index contributed by atoms with van der Waals surface area (Å²) >= 11 is 0. The minimum absolute atomic E-state index is 0.0704. The summed E-state index contributed by atoms with van der Waals surface area (Å²) in [7, 11) is 0. The molecule has 0 spiro atoms. The topological polar surface area (TPSA) is 61.5 Å². The monoisotopic (exact) mass is 419 g/mol. The van der Waals surface area contributed by atoms with E-state index in [1.807, 2.05) is 0 Å². The largest absolute Gasteiger partial charge is 0.420 e. The molecule has 1 aromatic carbocycles. The lowest BCUT2D eigenvalue weighted by atomic mass is 9.83. The van der Waals surface area contributed by atoms with Crippen LogP contribution in [0.3, 0.4) is 0 Å². The number of rotatable bonds is 4. The molecule has 4 atom stereocenters. The molecule has 29 heavy (non-hydrogen) atoms. The van der Waals surface area contributed by atoms with Crippen LogP contribution in [-0.4, -0.2) is 56.0 Å². The van der Waals surface area contributed by atoms with Crippen molar-refractivity contribution >= 4 is 0 Å². The van der Waals surface area contributed by atoms with Crippen molar-refractivity contribution in [2.24, 2.45) is 5.92 Å². The minimum Gasteiger partial charge on any atom is -0.378 e. The van der Waals surface area contributed by atoms with Gasteiger partial charge in [-0.2, -0.15) is 18.3 Å². The molecule has 0 saturated carbocycles. The zero-order valence-electron chi connectivity index (χ0n) is 15.9. The molecule has 1 fully saturated rings. The van der Waals surface area contributed by atoms with Gasteiger partial charge in [0.15, 0.2) is 11.4 Å². The second-order valence-corrected chi connectivity index (χ2v) is 7.65. The van der Waals surface area contributed by atoms with Crippen LogP contribution in [0.2, 0.25) is 0 Å². The van der Waals surface area contributed by atoms with Gasteiger partial charge in [-0.3, -0.25) is 4.90 Å². The smallest absolute Gasteiger partial charge is 0.378 e. The summed E-state index contributed by atoms with van der Waals surface area (Å²) in [5.41, 5.74) is -2.56. The molecule has 0 radical (unpaired) electrons. The van der Waals surface area contributed by atoms with Crippen LogP contribution in [0.1, 0.15) is 31.9 Å². The average molecular weight is 419 g/mol. The van der Waals surface area contributed by atoms with Gasteiger partial charge in [0, 0.05) is 37.0 Å². The molecule has 1 aliphatic rings. The number of aliphatic hydroxyl groups is 2. The number of likely N-dealkylation sites (tertiary alicyclic amines) is 1. The molecule has 160 valence electrons. The van der Waals surface area contributed by atoms with Crippen molar-refractivity contribution in [1.82, 2.24) is 14.7 Å². The highest BCUT2D eigenvalue weighted by Gasteiger charge is 2.57. The first kappa shape index (κ1) is 21.7. The van der Waals surface area contributed by atoms with Crippen LogP contribution in [-0.2, 0) is 0 Å². The summed E-state index contributed by atoms with van der Waals surface area (Å²) in [6, 6.07) is 4.82. The zero-order valence-corrected chi connectivity index (χ0v) is 15.9. The Hall–Kier alpha value is -2.04. The molecule has 2 heterocycles. The number of hydrogen-bond acceptors (Lipinski definition) is 4. The maximum atomic E-state index is 14.2.